The zero-order valence-electron chi connectivity index (χ0n) is 32.2. The monoisotopic (exact) mass is 734 g/mol. The van der Waals surface area contributed by atoms with Gasteiger partial charge in [-0.25, -0.2) is 0 Å². The van der Waals surface area contributed by atoms with Crippen LogP contribution in [-0.2, 0) is 12.0 Å². The number of benzene rings is 5. The Balaban J connectivity index is 0.000000155. The van der Waals surface area contributed by atoms with Gasteiger partial charge in [0.2, 0.25) is 0 Å². The molecule has 0 radical (unpaired) electrons. The number of nitrogens with one attached hydrogen (secondary N) is 1. The smallest absolute Gasteiger partial charge is 0.178 e. The number of amidine groups is 1. The maximum Gasteiger partial charge on any atom is 0.178 e. The highest BCUT2D eigenvalue weighted by molar-refractivity contribution is 5.96. The molecule has 0 spiro atoms. The van der Waals surface area contributed by atoms with Crippen LogP contribution < -0.4 is 15.2 Å². The first-order valence-corrected chi connectivity index (χ1v) is 19.0. The molecular formula is C50H46N4O2. The summed E-state index contributed by atoms with van der Waals surface area (Å²) in [6, 6.07) is 41.3. The molecule has 0 saturated carbocycles. The number of allylic oxidation sites excluding steroid dienone is 7. The van der Waals surface area contributed by atoms with Crippen LogP contribution in [0.3, 0.4) is 0 Å². The molecule has 5 aromatic rings. The molecule has 0 aromatic heterocycles. The number of fused-ring (bicyclic) bond motifs is 5. The first-order valence-electron chi connectivity index (χ1n) is 19.0. The lowest BCUT2D eigenvalue weighted by Gasteiger charge is -2.29. The summed E-state index contributed by atoms with van der Waals surface area (Å²) in [5.41, 5.74) is 18.3. The molecule has 1 unspecified atom stereocenters. The summed E-state index contributed by atoms with van der Waals surface area (Å²) in [7, 11) is 0. The molecule has 9 rings (SSSR count). The van der Waals surface area contributed by atoms with Gasteiger partial charge in [0.05, 0.1) is 18.5 Å². The molecular weight excluding hydrogens is 689 g/mol. The van der Waals surface area contributed by atoms with Gasteiger partial charge in [0, 0.05) is 23.0 Å². The average Bonchev–Trinajstić information content (AvgIpc) is 3.47. The number of aryl methyl sites for hydroxylation is 1. The van der Waals surface area contributed by atoms with E-state index in [1.165, 1.54) is 44.5 Å². The number of nitrogens with zero attached hydrogens (tertiary/aromatic N) is 2. The van der Waals surface area contributed by atoms with Crippen LogP contribution in [-0.4, -0.2) is 12.6 Å². The van der Waals surface area contributed by atoms with Crippen molar-refractivity contribution in [3.05, 3.63) is 190 Å². The van der Waals surface area contributed by atoms with E-state index in [2.05, 4.69) is 105 Å². The fraction of sp³-hybridized carbons (Fsp3) is 0.180. The fourth-order valence-electron chi connectivity index (χ4n) is 7.73. The first kappa shape index (κ1) is 37.6. The Morgan fingerprint density at radius 2 is 1.64 bits per heavy atom. The van der Waals surface area contributed by atoms with E-state index in [0.29, 0.717) is 5.56 Å². The summed E-state index contributed by atoms with van der Waals surface area (Å²) >= 11 is 0. The fourth-order valence-corrected chi connectivity index (χ4v) is 7.73. The van der Waals surface area contributed by atoms with Crippen LogP contribution in [0, 0.1) is 29.6 Å². The molecule has 5 aromatic carbocycles. The summed E-state index contributed by atoms with van der Waals surface area (Å²) < 4.78 is 13.0. The summed E-state index contributed by atoms with van der Waals surface area (Å²) in [5.74, 6) is 3.47. The molecule has 6 nitrogen and oxygen atoms in total. The number of nitrogen functional groups attached to an aromatic ring is 1. The van der Waals surface area contributed by atoms with E-state index in [1.54, 1.807) is 6.07 Å². The van der Waals surface area contributed by atoms with Gasteiger partial charge in [-0.1, -0.05) is 135 Å². The van der Waals surface area contributed by atoms with E-state index in [1.807, 2.05) is 66.8 Å². The van der Waals surface area contributed by atoms with E-state index in [9.17, 15) is 0 Å². The van der Waals surface area contributed by atoms with Gasteiger partial charge in [0.15, 0.2) is 17.3 Å². The minimum Gasteiger partial charge on any atom is -0.454 e. The maximum absolute atomic E-state index is 8.92. The molecule has 278 valence electrons. The standard InChI is InChI=1S/C28H24O2.C14H13N3.C8H9N/c1-17-8-4-5-9-19(17)18-12-14-23-25(16-18)30-27-24(29-23)15-13-22-26(27)20-10-6-7-11-21(20)28(22,2)3;15-9-10-3-1-4-11(7-10)12-5-2-6-13(8-12)14(16)17;1-9-7-8-5-3-2-4-6-8/h4-11,13,15-16H,12,14H2,1-3H3;1-2,4-8,10H,3H2,(H3,16,17);2-6H,1,7H2. The van der Waals surface area contributed by atoms with Gasteiger partial charge >= 0.3 is 0 Å². The third kappa shape index (κ3) is 7.76. The van der Waals surface area contributed by atoms with Gasteiger partial charge in [-0.2, -0.15) is 5.26 Å². The number of aliphatic imine (C=N–C) groups is 1. The van der Waals surface area contributed by atoms with Crippen molar-refractivity contribution in [3.8, 4) is 28.7 Å². The second kappa shape index (κ2) is 16.3. The third-order valence-corrected chi connectivity index (χ3v) is 10.7. The number of ether oxygens (including phenoxy) is 2. The van der Waals surface area contributed by atoms with Gasteiger partial charge in [0.1, 0.15) is 11.6 Å². The van der Waals surface area contributed by atoms with Gasteiger partial charge in [-0.05, 0) is 94.8 Å². The molecule has 0 saturated heterocycles. The van der Waals surface area contributed by atoms with E-state index in [-0.39, 0.29) is 17.2 Å². The quantitative estimate of drug-likeness (QED) is 0.138. The Hall–Kier alpha value is -6.71. The molecule has 3 aliphatic carbocycles. The van der Waals surface area contributed by atoms with Crippen molar-refractivity contribution in [1.29, 1.82) is 10.7 Å². The molecule has 56 heavy (non-hydrogen) atoms. The lowest BCUT2D eigenvalue weighted by atomic mass is 9.82. The Kier molecular flexibility index (Phi) is 11.0. The number of hydrogen-bond acceptors (Lipinski definition) is 5. The zero-order chi connectivity index (χ0) is 39.2. The van der Waals surface area contributed by atoms with Crippen LogP contribution in [0.4, 0.5) is 0 Å². The largest absolute Gasteiger partial charge is 0.454 e. The molecule has 0 fully saturated rings. The van der Waals surface area contributed by atoms with Crippen LogP contribution in [0.1, 0.15) is 72.1 Å². The van der Waals surface area contributed by atoms with Crippen molar-refractivity contribution in [2.75, 3.05) is 0 Å². The molecule has 3 N–H and O–H groups in total. The number of nitriles is 1. The van der Waals surface area contributed by atoms with Crippen LogP contribution in [0.5, 0.6) is 11.5 Å². The van der Waals surface area contributed by atoms with Gasteiger partial charge in [-0.3, -0.25) is 10.4 Å². The molecule has 1 aliphatic heterocycles. The second-order valence-corrected chi connectivity index (χ2v) is 14.8. The van der Waals surface area contributed by atoms with Crippen LogP contribution >= 0.6 is 0 Å². The third-order valence-electron chi connectivity index (χ3n) is 10.7. The van der Waals surface area contributed by atoms with E-state index >= 15 is 0 Å². The topological polar surface area (TPSA) is 104 Å². The highest BCUT2D eigenvalue weighted by atomic mass is 16.6. The lowest BCUT2D eigenvalue weighted by molar-refractivity contribution is 0.291. The Morgan fingerprint density at radius 3 is 2.39 bits per heavy atom. The van der Waals surface area contributed by atoms with Gasteiger partial charge in [-0.15, -0.1) is 0 Å². The normalized spacial score (nSPS) is 16.5. The molecule has 6 heteroatoms. The summed E-state index contributed by atoms with van der Waals surface area (Å²) in [4.78, 5) is 3.76. The molecule has 1 heterocycles. The predicted octanol–water partition coefficient (Wildman–Crippen LogP) is 11.5. The Morgan fingerprint density at radius 1 is 0.893 bits per heavy atom. The second-order valence-electron chi connectivity index (χ2n) is 14.8. The first-order chi connectivity index (χ1) is 27.2. The van der Waals surface area contributed by atoms with Gasteiger partial charge < -0.3 is 15.2 Å². The number of nitrogens with two attached hydrogens (primary N) is 1. The summed E-state index contributed by atoms with van der Waals surface area (Å²) in [6.07, 6.45) is 10.7. The van der Waals surface area contributed by atoms with E-state index < -0.39 is 0 Å². The lowest BCUT2D eigenvalue weighted by Crippen LogP contribution is -2.17. The van der Waals surface area contributed by atoms with E-state index in [0.717, 1.165) is 60.0 Å². The predicted molar refractivity (Wildman–Crippen MR) is 229 cm³/mol. The van der Waals surface area contributed by atoms with Crippen molar-refractivity contribution in [3.63, 3.8) is 0 Å². The number of hydrogen-bond donors (Lipinski definition) is 2. The van der Waals surface area contributed by atoms with E-state index in [4.69, 9.17) is 25.9 Å². The van der Waals surface area contributed by atoms with Crippen molar-refractivity contribution in [1.82, 2.24) is 0 Å². The molecule has 1 atom stereocenters. The van der Waals surface area contributed by atoms with Crippen molar-refractivity contribution in [2.45, 2.75) is 52.0 Å². The zero-order valence-corrected chi connectivity index (χ0v) is 32.2. The molecule has 0 bridgehead atoms. The Bertz CT molecular complexity index is 2480. The molecule has 0 amide bonds. The average molecular weight is 735 g/mol. The highest BCUT2D eigenvalue weighted by Gasteiger charge is 2.40. The van der Waals surface area contributed by atoms with Crippen LogP contribution in [0.2, 0.25) is 0 Å². The summed E-state index contributed by atoms with van der Waals surface area (Å²) in [5, 5.41) is 16.3. The minimum atomic E-state index is -0.0593. The minimum absolute atomic E-state index is 0.0479. The maximum atomic E-state index is 8.92. The van der Waals surface area contributed by atoms with Crippen LogP contribution in [0.25, 0.3) is 22.3 Å². The van der Waals surface area contributed by atoms with Crippen molar-refractivity contribution in [2.24, 2.45) is 16.6 Å². The van der Waals surface area contributed by atoms with Crippen molar-refractivity contribution < 1.29 is 9.47 Å². The highest BCUT2D eigenvalue weighted by Crippen LogP contribution is 2.56. The van der Waals surface area contributed by atoms with Gasteiger partial charge in [0.25, 0.3) is 0 Å². The Labute approximate surface area is 330 Å². The molecule has 4 aliphatic rings. The van der Waals surface area contributed by atoms with Crippen molar-refractivity contribution >= 4 is 23.7 Å². The number of rotatable bonds is 5. The SMILES string of the molecule is C=NCc1ccccc1.Cc1ccccc1C1=CC2=C(CC1)Oc1ccc3c(c1O2)-c1ccccc1C3(C)C.N#CC1C=C(c2cccc(C(=N)N)c2)C=CC1. The summed E-state index contributed by atoms with van der Waals surface area (Å²) in [6.45, 7) is 10.9. The van der Waals surface area contributed by atoms with Crippen LogP contribution in [0.15, 0.2) is 156 Å².